The molecular weight excluding hydrogens is 184 g/mol. The van der Waals surface area contributed by atoms with E-state index in [-0.39, 0.29) is 0 Å². The Hall–Kier alpha value is -0.760. The molecule has 0 rings (SSSR count). The highest BCUT2D eigenvalue weighted by molar-refractivity contribution is 5.03. The van der Waals surface area contributed by atoms with Crippen LogP contribution in [0.2, 0.25) is 0 Å². The summed E-state index contributed by atoms with van der Waals surface area (Å²) in [5, 5.41) is 6.64. The third-order valence-electron chi connectivity index (χ3n) is 2.24. The lowest BCUT2D eigenvalue weighted by Crippen LogP contribution is -2.23. The minimum Gasteiger partial charge on any atom is -0.387 e. The predicted octanol–water partition coefficient (Wildman–Crippen LogP) is 2.84. The zero-order chi connectivity index (χ0) is 11.5. The van der Waals surface area contributed by atoms with Crippen LogP contribution in [-0.4, -0.2) is 20.1 Å². The number of allylic oxidation sites excluding steroid dienone is 2. The highest BCUT2D eigenvalue weighted by Gasteiger charge is 1.94. The summed E-state index contributed by atoms with van der Waals surface area (Å²) < 4.78 is 0. The molecular formula is C13H26N2. The van der Waals surface area contributed by atoms with Crippen LogP contribution in [0.15, 0.2) is 23.4 Å². The molecule has 88 valence electrons. The van der Waals surface area contributed by atoms with E-state index in [9.17, 15) is 0 Å². The summed E-state index contributed by atoms with van der Waals surface area (Å²) in [4.78, 5) is 0. The molecule has 15 heavy (non-hydrogen) atoms. The van der Waals surface area contributed by atoms with Gasteiger partial charge in [-0.05, 0) is 33.2 Å². The zero-order valence-electron chi connectivity index (χ0n) is 10.7. The van der Waals surface area contributed by atoms with Crippen LogP contribution >= 0.6 is 0 Å². The maximum Gasteiger partial charge on any atom is 0.0348 e. The first-order chi connectivity index (χ1) is 7.24. The van der Waals surface area contributed by atoms with Gasteiger partial charge in [0, 0.05) is 18.8 Å². The molecule has 0 radical (unpaired) electrons. The summed E-state index contributed by atoms with van der Waals surface area (Å²) in [6, 6.07) is 0. The van der Waals surface area contributed by atoms with Crippen LogP contribution in [0, 0.1) is 0 Å². The molecule has 0 aliphatic heterocycles. The van der Waals surface area contributed by atoms with Crippen LogP contribution in [0.25, 0.3) is 0 Å². The van der Waals surface area contributed by atoms with E-state index in [0.29, 0.717) is 0 Å². The first kappa shape index (κ1) is 14.2. The van der Waals surface area contributed by atoms with Crippen molar-refractivity contribution in [2.75, 3.05) is 20.1 Å². The molecule has 2 N–H and O–H groups in total. The van der Waals surface area contributed by atoms with Crippen molar-refractivity contribution in [3.8, 4) is 0 Å². The number of likely N-dealkylation sites (N-methyl/N-ethyl adjacent to an activating group) is 1. The largest absolute Gasteiger partial charge is 0.387 e. The fraction of sp³-hybridized carbons (Fsp3) is 0.692. The van der Waals surface area contributed by atoms with Gasteiger partial charge >= 0.3 is 0 Å². The van der Waals surface area contributed by atoms with Crippen molar-refractivity contribution < 1.29 is 0 Å². The summed E-state index contributed by atoms with van der Waals surface area (Å²) in [6.07, 6.45) is 7.91. The lowest BCUT2D eigenvalue weighted by Gasteiger charge is -2.10. The maximum atomic E-state index is 3.47. The quantitative estimate of drug-likeness (QED) is 0.602. The van der Waals surface area contributed by atoms with E-state index in [0.717, 1.165) is 32.4 Å². The van der Waals surface area contributed by atoms with Gasteiger partial charge in [-0.25, -0.2) is 0 Å². The van der Waals surface area contributed by atoms with E-state index in [1.165, 1.54) is 11.3 Å². The van der Waals surface area contributed by atoms with E-state index < -0.39 is 0 Å². The molecule has 0 fully saturated rings. The molecule has 0 saturated carbocycles. The van der Waals surface area contributed by atoms with Gasteiger partial charge in [0.15, 0.2) is 0 Å². The van der Waals surface area contributed by atoms with E-state index in [1.807, 2.05) is 7.05 Å². The number of hydrogen-bond donors (Lipinski definition) is 2. The van der Waals surface area contributed by atoms with E-state index in [4.69, 9.17) is 0 Å². The second kappa shape index (κ2) is 9.78. The molecule has 2 nitrogen and oxygen atoms in total. The second-order valence-corrected chi connectivity index (χ2v) is 3.80. The topological polar surface area (TPSA) is 24.1 Å². The lowest BCUT2D eigenvalue weighted by atomic mass is 10.2. The van der Waals surface area contributed by atoms with Gasteiger partial charge in [-0.2, -0.15) is 0 Å². The predicted molar refractivity (Wildman–Crippen MR) is 69.0 cm³/mol. The van der Waals surface area contributed by atoms with Crippen LogP contribution in [0.5, 0.6) is 0 Å². The Labute approximate surface area is 94.8 Å². The van der Waals surface area contributed by atoms with Crippen molar-refractivity contribution in [2.24, 2.45) is 0 Å². The fourth-order valence-electron chi connectivity index (χ4n) is 1.51. The van der Waals surface area contributed by atoms with Gasteiger partial charge < -0.3 is 10.6 Å². The number of nitrogens with one attached hydrogen (secondary N) is 2. The number of hydrogen-bond acceptors (Lipinski definition) is 2. The normalized spacial score (nSPS) is 13.1. The van der Waals surface area contributed by atoms with Crippen LogP contribution in [0.1, 0.15) is 40.0 Å². The molecule has 0 aromatic heterocycles. The second-order valence-electron chi connectivity index (χ2n) is 3.80. The molecule has 0 aliphatic carbocycles. The lowest BCUT2D eigenvalue weighted by molar-refractivity contribution is 0.721. The third kappa shape index (κ3) is 8.25. The first-order valence-electron chi connectivity index (χ1n) is 5.97. The van der Waals surface area contributed by atoms with Gasteiger partial charge in [0.1, 0.15) is 0 Å². The average molecular weight is 210 g/mol. The Morgan fingerprint density at radius 1 is 1.13 bits per heavy atom. The summed E-state index contributed by atoms with van der Waals surface area (Å²) in [6.45, 7) is 8.52. The van der Waals surface area contributed by atoms with Gasteiger partial charge in [-0.3, -0.25) is 0 Å². The van der Waals surface area contributed by atoms with Crippen molar-refractivity contribution >= 4 is 0 Å². The van der Waals surface area contributed by atoms with Crippen molar-refractivity contribution in [3.05, 3.63) is 23.4 Å². The monoisotopic (exact) mass is 210 g/mol. The Morgan fingerprint density at radius 3 is 2.33 bits per heavy atom. The molecule has 0 atom stereocenters. The van der Waals surface area contributed by atoms with Gasteiger partial charge in [0.05, 0.1) is 0 Å². The Morgan fingerprint density at radius 2 is 1.80 bits per heavy atom. The van der Waals surface area contributed by atoms with E-state index in [1.54, 1.807) is 0 Å². The van der Waals surface area contributed by atoms with Gasteiger partial charge in [-0.1, -0.05) is 31.6 Å². The molecule has 0 aromatic carbocycles. The Bertz CT molecular complexity index is 205. The van der Waals surface area contributed by atoms with Crippen LogP contribution in [0.4, 0.5) is 0 Å². The highest BCUT2D eigenvalue weighted by Crippen LogP contribution is 2.00. The molecule has 0 aliphatic rings. The molecule has 0 aromatic rings. The van der Waals surface area contributed by atoms with Crippen molar-refractivity contribution in [3.63, 3.8) is 0 Å². The summed E-state index contributed by atoms with van der Waals surface area (Å²) in [5.74, 6) is 0. The summed E-state index contributed by atoms with van der Waals surface area (Å²) >= 11 is 0. The Balaban J connectivity index is 3.80. The van der Waals surface area contributed by atoms with Crippen LogP contribution in [0.3, 0.4) is 0 Å². The fourth-order valence-corrected chi connectivity index (χ4v) is 1.51. The number of rotatable bonds is 8. The highest BCUT2D eigenvalue weighted by atomic mass is 14.9. The van der Waals surface area contributed by atoms with E-state index >= 15 is 0 Å². The first-order valence-corrected chi connectivity index (χ1v) is 5.97. The van der Waals surface area contributed by atoms with Gasteiger partial charge in [0.2, 0.25) is 0 Å². The third-order valence-corrected chi connectivity index (χ3v) is 2.24. The molecule has 0 unspecified atom stereocenters. The van der Waals surface area contributed by atoms with Crippen LogP contribution in [-0.2, 0) is 0 Å². The van der Waals surface area contributed by atoms with E-state index in [2.05, 4.69) is 43.6 Å². The summed E-state index contributed by atoms with van der Waals surface area (Å²) in [7, 11) is 1.98. The molecule has 0 saturated heterocycles. The van der Waals surface area contributed by atoms with Crippen molar-refractivity contribution in [2.45, 2.75) is 40.0 Å². The minimum atomic E-state index is 0.935. The zero-order valence-corrected chi connectivity index (χ0v) is 10.7. The maximum absolute atomic E-state index is 3.47. The molecule has 0 spiro atoms. The molecule has 2 heteroatoms. The van der Waals surface area contributed by atoms with Crippen molar-refractivity contribution in [1.29, 1.82) is 0 Å². The molecule has 0 heterocycles. The summed E-state index contributed by atoms with van der Waals surface area (Å²) in [5.41, 5.74) is 2.79. The van der Waals surface area contributed by atoms with Gasteiger partial charge in [-0.15, -0.1) is 0 Å². The molecule has 0 bridgehead atoms. The smallest absolute Gasteiger partial charge is 0.0348 e. The molecule has 0 amide bonds. The standard InChI is InChI=1S/C13H26N2/c1-5-7-12(3)9-10-15-13(8-6-2)11-14-4/h7-8,14-15H,5-6,9-11H2,1-4H3/b12-7-,13-8+. The Kier molecular flexibility index (Phi) is 9.29. The average Bonchev–Trinajstić information content (AvgIpc) is 2.19. The van der Waals surface area contributed by atoms with Crippen LogP contribution < -0.4 is 10.6 Å². The van der Waals surface area contributed by atoms with Gasteiger partial charge in [0.25, 0.3) is 0 Å². The SMILES string of the molecule is CC/C=C(/C)CCN/C(=C/CC)CNC. The minimum absolute atomic E-state index is 0.935. The van der Waals surface area contributed by atoms with Crippen molar-refractivity contribution in [1.82, 2.24) is 10.6 Å².